The highest BCUT2D eigenvalue weighted by Gasteiger charge is 2.06. The number of aromatic nitrogens is 1. The maximum Gasteiger partial charge on any atom is 0.0950 e. The average Bonchev–Trinajstić information content (AvgIpc) is 2.57. The van der Waals surface area contributed by atoms with Crippen LogP contribution in [0.25, 0.3) is 0 Å². The van der Waals surface area contributed by atoms with Crippen LogP contribution in [0.4, 0.5) is 0 Å². The van der Waals surface area contributed by atoms with Gasteiger partial charge in [-0.2, -0.15) is 11.8 Å². The maximum atomic E-state index is 9.59. The molecule has 0 saturated heterocycles. The minimum atomic E-state index is -0.234. The summed E-state index contributed by atoms with van der Waals surface area (Å²) >= 11 is 3.42. The van der Waals surface area contributed by atoms with Gasteiger partial charge in [0.15, 0.2) is 0 Å². The summed E-state index contributed by atoms with van der Waals surface area (Å²) in [6, 6.07) is 0. The third-order valence-corrected chi connectivity index (χ3v) is 3.67. The van der Waals surface area contributed by atoms with E-state index in [2.05, 4.69) is 11.9 Å². The van der Waals surface area contributed by atoms with Gasteiger partial charge >= 0.3 is 0 Å². The molecule has 13 heavy (non-hydrogen) atoms. The van der Waals surface area contributed by atoms with Crippen molar-refractivity contribution in [3.63, 3.8) is 0 Å². The molecule has 74 valence electrons. The summed E-state index contributed by atoms with van der Waals surface area (Å²) in [5.41, 5.74) is 0. The third kappa shape index (κ3) is 4.64. The van der Waals surface area contributed by atoms with E-state index in [9.17, 15) is 5.11 Å². The highest BCUT2D eigenvalue weighted by Crippen LogP contribution is 2.11. The van der Waals surface area contributed by atoms with Crippen LogP contribution in [-0.4, -0.2) is 27.7 Å². The second-order valence-electron chi connectivity index (χ2n) is 2.86. The Balaban J connectivity index is 2.14. The summed E-state index contributed by atoms with van der Waals surface area (Å²) in [6.45, 7) is 2.15. The minimum Gasteiger partial charge on any atom is -0.392 e. The lowest BCUT2D eigenvalue weighted by Crippen LogP contribution is -2.13. The molecule has 0 aliphatic rings. The van der Waals surface area contributed by atoms with Gasteiger partial charge < -0.3 is 5.11 Å². The van der Waals surface area contributed by atoms with Gasteiger partial charge in [0, 0.05) is 23.8 Å². The van der Waals surface area contributed by atoms with Crippen molar-refractivity contribution in [3.05, 3.63) is 16.6 Å². The van der Waals surface area contributed by atoms with E-state index in [-0.39, 0.29) is 6.10 Å². The van der Waals surface area contributed by atoms with Gasteiger partial charge in [0.2, 0.25) is 0 Å². The number of nitrogens with zero attached hydrogens (tertiary/aromatic N) is 1. The van der Waals surface area contributed by atoms with Gasteiger partial charge in [-0.25, -0.2) is 4.98 Å². The number of aliphatic hydroxyl groups excluding tert-OH is 1. The van der Waals surface area contributed by atoms with E-state index >= 15 is 0 Å². The molecule has 0 spiro atoms. The predicted octanol–water partition coefficient (Wildman–Crippen LogP) is 2.19. The van der Waals surface area contributed by atoms with Crippen molar-refractivity contribution in [2.75, 3.05) is 11.5 Å². The van der Waals surface area contributed by atoms with E-state index in [1.165, 1.54) is 6.42 Å². The standard InChI is InChI=1S/C9H15NOS2/c1-2-4-12-7-8(11)6-9-10-3-5-13-9/h3,5,8,11H,2,4,6-7H2,1H3. The van der Waals surface area contributed by atoms with Crippen LogP contribution < -0.4 is 0 Å². The fraction of sp³-hybridized carbons (Fsp3) is 0.667. The van der Waals surface area contributed by atoms with Crippen LogP contribution in [0.3, 0.4) is 0 Å². The van der Waals surface area contributed by atoms with Crippen LogP contribution in [0, 0.1) is 0 Å². The van der Waals surface area contributed by atoms with Crippen LogP contribution in [0.2, 0.25) is 0 Å². The molecule has 1 unspecified atom stereocenters. The summed E-state index contributed by atoms with van der Waals surface area (Å²) in [5.74, 6) is 1.96. The van der Waals surface area contributed by atoms with E-state index < -0.39 is 0 Å². The molecular formula is C9H15NOS2. The van der Waals surface area contributed by atoms with E-state index in [1.54, 1.807) is 17.5 Å². The fourth-order valence-electron chi connectivity index (χ4n) is 0.978. The monoisotopic (exact) mass is 217 g/mol. The lowest BCUT2D eigenvalue weighted by Gasteiger charge is -2.07. The number of aliphatic hydroxyl groups is 1. The first-order valence-corrected chi connectivity index (χ1v) is 6.50. The zero-order chi connectivity index (χ0) is 9.52. The number of hydrogen-bond donors (Lipinski definition) is 1. The van der Waals surface area contributed by atoms with Gasteiger partial charge in [-0.3, -0.25) is 0 Å². The van der Waals surface area contributed by atoms with Crippen molar-refractivity contribution >= 4 is 23.1 Å². The van der Waals surface area contributed by atoms with Crippen molar-refractivity contribution in [3.8, 4) is 0 Å². The van der Waals surface area contributed by atoms with Gasteiger partial charge in [-0.05, 0) is 12.2 Å². The molecule has 0 fully saturated rings. The van der Waals surface area contributed by atoms with Crippen LogP contribution in [0.1, 0.15) is 18.4 Å². The Hall–Kier alpha value is -0.0600. The molecule has 0 radical (unpaired) electrons. The molecule has 0 aliphatic heterocycles. The molecule has 1 atom stereocenters. The predicted molar refractivity (Wildman–Crippen MR) is 59.4 cm³/mol. The molecule has 0 aromatic carbocycles. The van der Waals surface area contributed by atoms with Crippen molar-refractivity contribution < 1.29 is 5.11 Å². The zero-order valence-electron chi connectivity index (χ0n) is 7.77. The first kappa shape index (κ1) is 11.0. The zero-order valence-corrected chi connectivity index (χ0v) is 9.40. The Morgan fingerprint density at radius 3 is 3.15 bits per heavy atom. The summed E-state index contributed by atoms with van der Waals surface area (Å²) in [7, 11) is 0. The molecule has 1 aromatic rings. The fourth-order valence-corrected chi connectivity index (χ4v) is 2.51. The van der Waals surface area contributed by atoms with Crippen LogP contribution in [0.5, 0.6) is 0 Å². The molecule has 0 amide bonds. The highest BCUT2D eigenvalue weighted by molar-refractivity contribution is 7.99. The van der Waals surface area contributed by atoms with Gasteiger partial charge in [0.05, 0.1) is 11.1 Å². The van der Waals surface area contributed by atoms with Gasteiger partial charge in [0.1, 0.15) is 0 Å². The van der Waals surface area contributed by atoms with Crippen molar-refractivity contribution in [1.82, 2.24) is 4.98 Å². The van der Waals surface area contributed by atoms with E-state index in [0.717, 1.165) is 16.5 Å². The van der Waals surface area contributed by atoms with Crippen molar-refractivity contribution in [2.24, 2.45) is 0 Å². The van der Waals surface area contributed by atoms with Crippen molar-refractivity contribution in [1.29, 1.82) is 0 Å². The van der Waals surface area contributed by atoms with Crippen LogP contribution >= 0.6 is 23.1 Å². The minimum absolute atomic E-state index is 0.234. The molecule has 1 aromatic heterocycles. The van der Waals surface area contributed by atoms with Crippen molar-refractivity contribution in [2.45, 2.75) is 25.9 Å². The maximum absolute atomic E-state index is 9.59. The molecular weight excluding hydrogens is 202 g/mol. The largest absolute Gasteiger partial charge is 0.392 e. The molecule has 4 heteroatoms. The lowest BCUT2D eigenvalue weighted by molar-refractivity contribution is 0.200. The number of thiazole rings is 1. The molecule has 1 rings (SSSR count). The summed E-state index contributed by atoms with van der Waals surface area (Å²) in [5, 5.41) is 12.6. The molecule has 0 bridgehead atoms. The Labute approximate surface area is 87.4 Å². The summed E-state index contributed by atoms with van der Waals surface area (Å²) in [4.78, 5) is 4.13. The summed E-state index contributed by atoms with van der Waals surface area (Å²) < 4.78 is 0. The third-order valence-electron chi connectivity index (χ3n) is 1.55. The molecule has 0 saturated carbocycles. The second-order valence-corrected chi connectivity index (χ2v) is 4.99. The summed E-state index contributed by atoms with van der Waals surface area (Å²) in [6.07, 6.45) is 3.43. The van der Waals surface area contributed by atoms with E-state index in [0.29, 0.717) is 6.42 Å². The van der Waals surface area contributed by atoms with Gasteiger partial charge in [-0.1, -0.05) is 6.92 Å². The Bertz CT molecular complexity index is 213. The Morgan fingerprint density at radius 1 is 1.69 bits per heavy atom. The molecule has 1 heterocycles. The quantitative estimate of drug-likeness (QED) is 0.742. The normalized spacial score (nSPS) is 13.1. The van der Waals surface area contributed by atoms with Gasteiger partial charge in [-0.15, -0.1) is 11.3 Å². The number of hydrogen-bond acceptors (Lipinski definition) is 4. The molecule has 2 nitrogen and oxygen atoms in total. The number of rotatable bonds is 6. The van der Waals surface area contributed by atoms with Crippen LogP contribution in [0.15, 0.2) is 11.6 Å². The first-order chi connectivity index (χ1) is 6.33. The topological polar surface area (TPSA) is 33.1 Å². The Kier molecular flexibility index (Phi) is 5.43. The van der Waals surface area contributed by atoms with Gasteiger partial charge in [0.25, 0.3) is 0 Å². The number of thioether (sulfide) groups is 1. The van der Waals surface area contributed by atoms with E-state index in [1.807, 2.05) is 17.1 Å². The van der Waals surface area contributed by atoms with E-state index in [4.69, 9.17) is 0 Å². The highest BCUT2D eigenvalue weighted by atomic mass is 32.2. The average molecular weight is 217 g/mol. The SMILES string of the molecule is CCCSCC(O)Cc1nccs1. The lowest BCUT2D eigenvalue weighted by atomic mass is 10.3. The van der Waals surface area contributed by atoms with Crippen LogP contribution in [-0.2, 0) is 6.42 Å². The first-order valence-electron chi connectivity index (χ1n) is 4.47. The second kappa shape index (κ2) is 6.40. The smallest absolute Gasteiger partial charge is 0.0950 e. The molecule has 0 aliphatic carbocycles. The Morgan fingerprint density at radius 2 is 2.54 bits per heavy atom. The molecule has 1 N–H and O–H groups in total.